The molecule has 0 bridgehead atoms. The number of nitrogens with zero attached hydrogens (tertiary/aromatic N) is 3. The zero-order valence-electron chi connectivity index (χ0n) is 15.3. The number of hydrogen-bond donors (Lipinski definition) is 0. The Labute approximate surface area is 157 Å². The molecular formula is C21H22FN3O2. The van der Waals surface area contributed by atoms with Gasteiger partial charge in [0.25, 0.3) is 0 Å². The molecule has 27 heavy (non-hydrogen) atoms. The van der Waals surface area contributed by atoms with Gasteiger partial charge in [-0.1, -0.05) is 17.3 Å². The molecule has 3 heterocycles. The molecule has 5 nitrogen and oxygen atoms in total. The second kappa shape index (κ2) is 7.58. The van der Waals surface area contributed by atoms with Crippen LogP contribution >= 0.6 is 0 Å². The molecule has 0 spiro atoms. The maximum absolute atomic E-state index is 13.3. The molecule has 1 saturated heterocycles. The molecular weight excluding hydrogens is 345 g/mol. The number of pyridine rings is 1. The monoisotopic (exact) mass is 367 g/mol. The molecule has 0 saturated carbocycles. The Kier molecular flexibility index (Phi) is 5.01. The zero-order valence-corrected chi connectivity index (χ0v) is 15.3. The lowest BCUT2D eigenvalue weighted by molar-refractivity contribution is 0.153. The van der Waals surface area contributed by atoms with Crippen LogP contribution in [0.3, 0.4) is 0 Å². The van der Waals surface area contributed by atoms with E-state index in [0.717, 1.165) is 42.2 Å². The highest BCUT2D eigenvalue weighted by Gasteiger charge is 2.37. The van der Waals surface area contributed by atoms with Crippen molar-refractivity contribution in [1.82, 2.24) is 15.0 Å². The van der Waals surface area contributed by atoms with Gasteiger partial charge in [0.1, 0.15) is 11.5 Å². The number of ether oxygens (including phenoxy) is 1. The van der Waals surface area contributed by atoms with Crippen LogP contribution in [0.15, 0.2) is 59.4 Å². The Balaban J connectivity index is 1.47. The van der Waals surface area contributed by atoms with Gasteiger partial charge in [-0.05, 0) is 43.3 Å². The van der Waals surface area contributed by atoms with E-state index in [9.17, 15) is 4.39 Å². The minimum absolute atomic E-state index is 0.129. The van der Waals surface area contributed by atoms with Gasteiger partial charge in [0.2, 0.25) is 0 Å². The first-order valence-electron chi connectivity index (χ1n) is 9.03. The predicted octanol–water partition coefficient (Wildman–Crippen LogP) is 3.67. The molecule has 6 heteroatoms. The predicted molar refractivity (Wildman–Crippen MR) is 99.6 cm³/mol. The van der Waals surface area contributed by atoms with Crippen molar-refractivity contribution in [2.24, 2.45) is 0 Å². The van der Waals surface area contributed by atoms with Gasteiger partial charge < -0.3 is 9.26 Å². The number of halogens is 1. The number of hydrogen-bond acceptors (Lipinski definition) is 5. The summed E-state index contributed by atoms with van der Waals surface area (Å²) in [6, 6.07) is 12.6. The van der Waals surface area contributed by atoms with E-state index in [1.165, 1.54) is 12.1 Å². The topological polar surface area (TPSA) is 51.4 Å². The van der Waals surface area contributed by atoms with Crippen LogP contribution in [0.5, 0.6) is 0 Å². The molecule has 1 fully saturated rings. The summed E-state index contributed by atoms with van der Waals surface area (Å²) in [5, 5.41) is 4.16. The van der Waals surface area contributed by atoms with E-state index in [4.69, 9.17) is 9.26 Å². The number of aromatic nitrogens is 2. The Bertz CT molecular complexity index is 874. The van der Waals surface area contributed by atoms with Crippen LogP contribution in [0.25, 0.3) is 11.3 Å². The molecule has 0 N–H and O–H groups in total. The van der Waals surface area contributed by atoms with Gasteiger partial charge in [-0.15, -0.1) is 0 Å². The van der Waals surface area contributed by atoms with E-state index >= 15 is 0 Å². The van der Waals surface area contributed by atoms with Gasteiger partial charge in [0, 0.05) is 42.6 Å². The summed E-state index contributed by atoms with van der Waals surface area (Å²) in [5.74, 6) is 0.587. The molecule has 3 aromatic rings. The van der Waals surface area contributed by atoms with Crippen molar-refractivity contribution < 1.29 is 13.7 Å². The first-order valence-corrected chi connectivity index (χ1v) is 9.03. The Hall–Kier alpha value is -2.57. The van der Waals surface area contributed by atoms with Gasteiger partial charge in [-0.2, -0.15) is 0 Å². The molecule has 140 valence electrons. The fraction of sp³-hybridized carbons (Fsp3) is 0.333. The van der Waals surface area contributed by atoms with Crippen LogP contribution < -0.4 is 0 Å². The highest BCUT2D eigenvalue weighted by Crippen LogP contribution is 2.34. The third-order valence-corrected chi connectivity index (χ3v) is 5.09. The van der Waals surface area contributed by atoms with E-state index in [1.54, 1.807) is 12.4 Å². The molecule has 2 aromatic heterocycles. The summed E-state index contributed by atoms with van der Waals surface area (Å²) >= 11 is 0. The third-order valence-electron chi connectivity index (χ3n) is 5.09. The van der Waals surface area contributed by atoms with E-state index in [0.29, 0.717) is 13.2 Å². The van der Waals surface area contributed by atoms with Crippen molar-refractivity contribution >= 4 is 0 Å². The molecule has 0 unspecified atom stereocenters. The van der Waals surface area contributed by atoms with Crippen LogP contribution in [0, 0.1) is 5.82 Å². The second-order valence-electron chi connectivity index (χ2n) is 7.18. The third kappa shape index (κ3) is 3.91. The van der Waals surface area contributed by atoms with Gasteiger partial charge in [0.15, 0.2) is 5.76 Å². The van der Waals surface area contributed by atoms with Crippen LogP contribution in [0.1, 0.15) is 17.7 Å². The van der Waals surface area contributed by atoms with Crippen LogP contribution in [0.4, 0.5) is 4.39 Å². The number of rotatable bonds is 6. The summed E-state index contributed by atoms with van der Waals surface area (Å²) in [6.45, 7) is 2.80. The fourth-order valence-corrected chi connectivity index (χ4v) is 3.74. The Morgan fingerprint density at radius 3 is 2.63 bits per heavy atom. The van der Waals surface area contributed by atoms with Gasteiger partial charge >= 0.3 is 0 Å². The maximum atomic E-state index is 13.3. The lowest BCUT2D eigenvalue weighted by atomic mass is 9.79. The first-order chi connectivity index (χ1) is 13.1. The summed E-state index contributed by atoms with van der Waals surface area (Å²) in [7, 11) is 2.05. The smallest absolute Gasteiger partial charge is 0.151 e. The Morgan fingerprint density at radius 1 is 1.15 bits per heavy atom. The molecule has 1 aromatic carbocycles. The molecule has 1 aliphatic rings. The van der Waals surface area contributed by atoms with Crippen LogP contribution in [0.2, 0.25) is 0 Å². The van der Waals surface area contributed by atoms with Crippen molar-refractivity contribution in [1.29, 1.82) is 0 Å². The normalized spacial score (nSPS) is 19.7. The quantitative estimate of drug-likeness (QED) is 0.665. The molecule has 4 rings (SSSR count). The van der Waals surface area contributed by atoms with Crippen molar-refractivity contribution in [3.63, 3.8) is 0 Å². The average molecular weight is 367 g/mol. The van der Waals surface area contributed by atoms with Crippen molar-refractivity contribution in [2.45, 2.75) is 18.4 Å². The van der Waals surface area contributed by atoms with E-state index in [-0.39, 0.29) is 11.2 Å². The van der Waals surface area contributed by atoms with E-state index in [2.05, 4.69) is 22.1 Å². The lowest BCUT2D eigenvalue weighted by Gasteiger charge is -2.32. The SMILES string of the molecule is CN(Cc1cc(-c2ccncc2)no1)C[C@@]1(c2ccc(F)cc2)CCOC1. The van der Waals surface area contributed by atoms with Crippen molar-refractivity contribution in [3.05, 3.63) is 72.0 Å². The first kappa shape index (κ1) is 17.8. The molecule has 0 amide bonds. The molecule has 1 aliphatic heterocycles. The summed E-state index contributed by atoms with van der Waals surface area (Å²) in [5.41, 5.74) is 2.77. The van der Waals surface area contributed by atoms with Crippen molar-refractivity contribution in [3.8, 4) is 11.3 Å². The number of benzene rings is 1. The van der Waals surface area contributed by atoms with Gasteiger partial charge in [-0.25, -0.2) is 4.39 Å². The minimum Gasteiger partial charge on any atom is -0.380 e. The summed E-state index contributed by atoms with van der Waals surface area (Å²) in [6.07, 6.45) is 4.40. The van der Waals surface area contributed by atoms with Crippen LogP contribution in [-0.4, -0.2) is 41.8 Å². The second-order valence-corrected chi connectivity index (χ2v) is 7.18. The molecule has 0 aliphatic carbocycles. The minimum atomic E-state index is -0.216. The van der Waals surface area contributed by atoms with E-state index in [1.807, 2.05) is 30.3 Å². The summed E-state index contributed by atoms with van der Waals surface area (Å²) in [4.78, 5) is 6.23. The molecule has 1 atom stereocenters. The highest BCUT2D eigenvalue weighted by atomic mass is 19.1. The maximum Gasteiger partial charge on any atom is 0.151 e. The standard InChI is InChI=1S/C21H22FN3O2/c1-25(13-19-12-20(24-27-19)16-6-9-23-10-7-16)14-21(8-11-26-15-21)17-2-4-18(22)5-3-17/h2-7,9-10,12H,8,11,13-15H2,1H3/t21-/m0/s1. The Morgan fingerprint density at radius 2 is 1.93 bits per heavy atom. The van der Waals surface area contributed by atoms with Crippen molar-refractivity contribution in [2.75, 3.05) is 26.8 Å². The lowest BCUT2D eigenvalue weighted by Crippen LogP contribution is -2.39. The van der Waals surface area contributed by atoms with Gasteiger partial charge in [0.05, 0.1) is 13.2 Å². The number of likely N-dealkylation sites (N-methyl/N-ethyl adjacent to an activating group) is 1. The zero-order chi connectivity index (χ0) is 18.7. The van der Waals surface area contributed by atoms with E-state index < -0.39 is 0 Å². The molecule has 0 radical (unpaired) electrons. The van der Waals surface area contributed by atoms with Crippen LogP contribution in [-0.2, 0) is 16.7 Å². The fourth-order valence-electron chi connectivity index (χ4n) is 3.74. The summed E-state index contributed by atoms with van der Waals surface area (Å²) < 4.78 is 24.5. The van der Waals surface area contributed by atoms with Gasteiger partial charge in [-0.3, -0.25) is 9.88 Å². The largest absolute Gasteiger partial charge is 0.380 e. The highest BCUT2D eigenvalue weighted by molar-refractivity contribution is 5.57. The average Bonchev–Trinajstić information content (AvgIpc) is 3.33.